The summed E-state index contributed by atoms with van der Waals surface area (Å²) in [5.41, 5.74) is 7.34. The maximum atomic E-state index is 11.3. The second kappa shape index (κ2) is 3.57. The summed E-state index contributed by atoms with van der Waals surface area (Å²) in [5.74, 6) is -0.522. The summed E-state index contributed by atoms with van der Waals surface area (Å²) in [4.78, 5) is 11.3. The molecule has 0 spiro atoms. The normalized spacial score (nSPS) is 9.93. The van der Waals surface area contributed by atoms with Crippen LogP contribution in [0.2, 0.25) is 0 Å². The lowest BCUT2D eigenvalue weighted by Crippen LogP contribution is -2.06. The summed E-state index contributed by atoms with van der Waals surface area (Å²) in [6, 6.07) is 1.61. The standard InChI is InChI=1S/C10H13NO3/c1-5-4-7(10(13)14-3)6(2)9(12)8(5)11/h4,12H,11H2,1-3H3. The third-order valence-electron chi connectivity index (χ3n) is 2.21. The van der Waals surface area contributed by atoms with Crippen molar-refractivity contribution in [3.8, 4) is 5.75 Å². The van der Waals surface area contributed by atoms with E-state index in [0.29, 0.717) is 22.4 Å². The van der Waals surface area contributed by atoms with Crippen LogP contribution < -0.4 is 5.73 Å². The van der Waals surface area contributed by atoms with Gasteiger partial charge in [0.1, 0.15) is 5.75 Å². The first kappa shape index (κ1) is 10.4. The van der Waals surface area contributed by atoms with Crippen molar-refractivity contribution >= 4 is 11.7 Å². The van der Waals surface area contributed by atoms with Crippen molar-refractivity contribution in [2.24, 2.45) is 0 Å². The molecule has 3 N–H and O–H groups in total. The quantitative estimate of drug-likeness (QED) is 0.403. The Kier molecular flexibility index (Phi) is 2.65. The van der Waals surface area contributed by atoms with Crippen molar-refractivity contribution < 1.29 is 14.6 Å². The van der Waals surface area contributed by atoms with Crippen molar-refractivity contribution in [2.45, 2.75) is 13.8 Å². The third kappa shape index (κ3) is 1.51. The Morgan fingerprint density at radius 1 is 1.50 bits per heavy atom. The van der Waals surface area contributed by atoms with E-state index in [2.05, 4.69) is 4.74 Å². The molecule has 0 unspecified atom stereocenters. The molecule has 76 valence electrons. The lowest BCUT2D eigenvalue weighted by molar-refractivity contribution is 0.0599. The molecule has 0 aliphatic rings. The van der Waals surface area contributed by atoms with E-state index in [9.17, 15) is 9.90 Å². The number of hydrogen-bond acceptors (Lipinski definition) is 4. The van der Waals surface area contributed by atoms with E-state index >= 15 is 0 Å². The van der Waals surface area contributed by atoms with E-state index < -0.39 is 5.97 Å². The van der Waals surface area contributed by atoms with Crippen LogP contribution in [0.5, 0.6) is 5.75 Å². The van der Waals surface area contributed by atoms with E-state index in [4.69, 9.17) is 5.73 Å². The molecule has 0 aromatic heterocycles. The van der Waals surface area contributed by atoms with Crippen LogP contribution in [0.15, 0.2) is 6.07 Å². The first-order valence-corrected chi connectivity index (χ1v) is 4.16. The number of rotatable bonds is 1. The molecule has 0 aliphatic heterocycles. The van der Waals surface area contributed by atoms with Crippen LogP contribution in [0.3, 0.4) is 0 Å². The molecule has 0 atom stereocenters. The van der Waals surface area contributed by atoms with Gasteiger partial charge in [0.05, 0.1) is 18.4 Å². The number of aryl methyl sites for hydroxylation is 1. The number of aromatic hydroxyl groups is 1. The molecular weight excluding hydrogens is 182 g/mol. The number of hydrogen-bond donors (Lipinski definition) is 2. The minimum absolute atomic E-state index is 0.0506. The summed E-state index contributed by atoms with van der Waals surface area (Å²) in [5, 5.41) is 9.58. The van der Waals surface area contributed by atoms with Gasteiger partial charge >= 0.3 is 5.97 Å². The van der Waals surface area contributed by atoms with Gasteiger partial charge in [-0.05, 0) is 25.5 Å². The molecule has 0 radical (unpaired) electrons. The molecule has 0 amide bonds. The highest BCUT2D eigenvalue weighted by Crippen LogP contribution is 2.30. The molecule has 0 saturated carbocycles. The van der Waals surface area contributed by atoms with E-state index in [-0.39, 0.29) is 5.75 Å². The summed E-state index contributed by atoms with van der Waals surface area (Å²) in [7, 11) is 1.30. The van der Waals surface area contributed by atoms with Gasteiger partial charge in [0.2, 0.25) is 0 Å². The Bertz CT molecular complexity index is 385. The van der Waals surface area contributed by atoms with E-state index in [1.165, 1.54) is 7.11 Å². The van der Waals surface area contributed by atoms with Gasteiger partial charge in [0, 0.05) is 5.56 Å². The van der Waals surface area contributed by atoms with Gasteiger partial charge in [0.25, 0.3) is 0 Å². The van der Waals surface area contributed by atoms with Crippen LogP contribution in [0, 0.1) is 13.8 Å². The van der Waals surface area contributed by atoms with Gasteiger partial charge in [0.15, 0.2) is 0 Å². The molecule has 1 rings (SSSR count). The van der Waals surface area contributed by atoms with E-state index in [1.807, 2.05) is 0 Å². The number of phenolic OH excluding ortho intramolecular Hbond substituents is 1. The Morgan fingerprint density at radius 2 is 2.07 bits per heavy atom. The predicted octanol–water partition coefficient (Wildman–Crippen LogP) is 1.38. The van der Waals surface area contributed by atoms with Crippen LogP contribution >= 0.6 is 0 Å². The fraction of sp³-hybridized carbons (Fsp3) is 0.300. The SMILES string of the molecule is COC(=O)c1cc(C)c(N)c(O)c1C. The molecule has 0 aliphatic carbocycles. The van der Waals surface area contributed by atoms with Gasteiger partial charge in [-0.25, -0.2) is 4.79 Å². The first-order valence-electron chi connectivity index (χ1n) is 4.16. The van der Waals surface area contributed by atoms with E-state index in [1.54, 1.807) is 19.9 Å². The monoisotopic (exact) mass is 195 g/mol. The third-order valence-corrected chi connectivity index (χ3v) is 2.21. The number of benzene rings is 1. The lowest BCUT2D eigenvalue weighted by atomic mass is 10.0. The number of carbonyl (C=O) groups excluding carboxylic acids is 1. The topological polar surface area (TPSA) is 72.5 Å². The van der Waals surface area contributed by atoms with Crippen molar-refractivity contribution in [3.63, 3.8) is 0 Å². The largest absolute Gasteiger partial charge is 0.505 e. The molecule has 4 heteroatoms. The smallest absolute Gasteiger partial charge is 0.338 e. The van der Waals surface area contributed by atoms with Gasteiger partial charge in [-0.15, -0.1) is 0 Å². The number of phenols is 1. The summed E-state index contributed by atoms with van der Waals surface area (Å²) < 4.78 is 4.58. The Hall–Kier alpha value is -1.71. The zero-order valence-corrected chi connectivity index (χ0v) is 8.42. The average Bonchev–Trinajstić information content (AvgIpc) is 2.19. The van der Waals surface area contributed by atoms with Crippen LogP contribution in [-0.4, -0.2) is 18.2 Å². The van der Waals surface area contributed by atoms with Crippen LogP contribution in [-0.2, 0) is 4.74 Å². The maximum Gasteiger partial charge on any atom is 0.338 e. The minimum Gasteiger partial charge on any atom is -0.505 e. The second-order valence-electron chi connectivity index (χ2n) is 3.12. The lowest BCUT2D eigenvalue weighted by Gasteiger charge is -2.10. The Balaban J connectivity index is 3.40. The van der Waals surface area contributed by atoms with Crippen molar-refractivity contribution in [3.05, 3.63) is 22.8 Å². The summed E-state index contributed by atoms with van der Waals surface area (Å²) in [6.45, 7) is 3.35. The summed E-state index contributed by atoms with van der Waals surface area (Å²) in [6.07, 6.45) is 0. The fourth-order valence-electron chi connectivity index (χ4n) is 1.24. The zero-order chi connectivity index (χ0) is 10.9. The van der Waals surface area contributed by atoms with Crippen molar-refractivity contribution in [1.29, 1.82) is 0 Å². The number of carbonyl (C=O) groups is 1. The predicted molar refractivity (Wildman–Crippen MR) is 53.3 cm³/mol. The number of methoxy groups -OCH3 is 1. The number of esters is 1. The van der Waals surface area contributed by atoms with Gasteiger partial charge < -0.3 is 15.6 Å². The number of ether oxygens (including phenoxy) is 1. The summed E-state index contributed by atoms with van der Waals surface area (Å²) >= 11 is 0. The molecule has 4 nitrogen and oxygen atoms in total. The molecule has 0 saturated heterocycles. The highest BCUT2D eigenvalue weighted by molar-refractivity contribution is 5.93. The van der Waals surface area contributed by atoms with Crippen molar-refractivity contribution in [1.82, 2.24) is 0 Å². The van der Waals surface area contributed by atoms with Gasteiger partial charge in [-0.3, -0.25) is 0 Å². The second-order valence-corrected chi connectivity index (χ2v) is 3.12. The fourth-order valence-corrected chi connectivity index (χ4v) is 1.24. The van der Waals surface area contributed by atoms with Crippen LogP contribution in [0.1, 0.15) is 21.5 Å². The minimum atomic E-state index is -0.471. The molecule has 0 fully saturated rings. The van der Waals surface area contributed by atoms with Gasteiger partial charge in [-0.1, -0.05) is 0 Å². The number of nitrogens with two attached hydrogens (primary N) is 1. The molecule has 1 aromatic carbocycles. The average molecular weight is 195 g/mol. The van der Waals surface area contributed by atoms with Crippen molar-refractivity contribution in [2.75, 3.05) is 12.8 Å². The first-order chi connectivity index (χ1) is 6.49. The molecule has 0 heterocycles. The number of anilines is 1. The highest BCUT2D eigenvalue weighted by Gasteiger charge is 2.15. The van der Waals surface area contributed by atoms with Crippen LogP contribution in [0.25, 0.3) is 0 Å². The Labute approximate surface area is 82.3 Å². The highest BCUT2D eigenvalue weighted by atomic mass is 16.5. The number of nitrogen functional groups attached to an aromatic ring is 1. The molecular formula is C10H13NO3. The van der Waals surface area contributed by atoms with Crippen LogP contribution in [0.4, 0.5) is 5.69 Å². The molecule has 1 aromatic rings. The zero-order valence-electron chi connectivity index (χ0n) is 8.42. The molecule has 14 heavy (non-hydrogen) atoms. The molecule has 0 bridgehead atoms. The van der Waals surface area contributed by atoms with Gasteiger partial charge in [-0.2, -0.15) is 0 Å². The van der Waals surface area contributed by atoms with E-state index in [0.717, 1.165) is 0 Å². The maximum absolute atomic E-state index is 11.3. The Morgan fingerprint density at radius 3 is 2.57 bits per heavy atom.